The molecule has 0 aliphatic carbocycles. The second-order valence-corrected chi connectivity index (χ2v) is 9.86. The van der Waals surface area contributed by atoms with Crippen LogP contribution in [0.25, 0.3) is 0 Å². The first-order valence-corrected chi connectivity index (χ1v) is 12.3. The lowest BCUT2D eigenvalue weighted by molar-refractivity contribution is -0.142. The number of allylic oxidation sites excluding steroid dienone is 1. The molecule has 190 valence electrons. The minimum atomic E-state index is -0.866. The molecular formula is C27H26N4O5S. The van der Waals surface area contributed by atoms with Crippen molar-refractivity contribution in [1.82, 2.24) is 4.90 Å². The maximum atomic E-state index is 13.9. The molecule has 10 heteroatoms. The number of ether oxygens (including phenoxy) is 2. The molecule has 37 heavy (non-hydrogen) atoms. The van der Waals surface area contributed by atoms with Crippen LogP contribution in [-0.4, -0.2) is 42.2 Å². The van der Waals surface area contributed by atoms with Crippen LogP contribution in [0.3, 0.4) is 0 Å². The number of carbonyl (C=O) groups is 3. The monoisotopic (exact) mass is 518 g/mol. The van der Waals surface area contributed by atoms with E-state index in [0.717, 1.165) is 22.9 Å². The van der Waals surface area contributed by atoms with Crippen molar-refractivity contribution in [2.75, 3.05) is 19.5 Å². The zero-order valence-corrected chi connectivity index (χ0v) is 21.6. The minimum absolute atomic E-state index is 0.0513. The zero-order chi connectivity index (χ0) is 26.9. The summed E-state index contributed by atoms with van der Waals surface area (Å²) in [7, 11) is 2.76. The van der Waals surface area contributed by atoms with Gasteiger partial charge in [0.2, 0.25) is 5.91 Å². The quantitative estimate of drug-likeness (QED) is 0.555. The Hall–Kier alpha value is -4.23. The van der Waals surface area contributed by atoms with Crippen LogP contribution in [0.1, 0.15) is 29.0 Å². The molecule has 3 N–H and O–H groups in total. The zero-order valence-electron chi connectivity index (χ0n) is 20.8. The predicted molar refractivity (Wildman–Crippen MR) is 139 cm³/mol. The van der Waals surface area contributed by atoms with Gasteiger partial charge in [-0.1, -0.05) is 41.6 Å². The largest absolute Gasteiger partial charge is 0.497 e. The number of hydrogen-bond donors (Lipinski definition) is 2. The van der Waals surface area contributed by atoms with Crippen LogP contribution >= 0.6 is 11.8 Å². The van der Waals surface area contributed by atoms with E-state index in [1.165, 1.54) is 19.1 Å². The smallest absolute Gasteiger partial charge is 0.307 e. The Morgan fingerprint density at radius 2 is 1.95 bits per heavy atom. The number of methoxy groups -OCH3 is 2. The van der Waals surface area contributed by atoms with Gasteiger partial charge in [-0.15, -0.1) is 0 Å². The summed E-state index contributed by atoms with van der Waals surface area (Å²) < 4.78 is 10.1. The third kappa shape index (κ3) is 4.78. The van der Waals surface area contributed by atoms with Crippen molar-refractivity contribution in [3.05, 3.63) is 81.2 Å². The van der Waals surface area contributed by atoms with Gasteiger partial charge in [0.1, 0.15) is 16.8 Å². The first kappa shape index (κ1) is 25.9. The lowest BCUT2D eigenvalue weighted by Gasteiger charge is -2.32. The fourth-order valence-electron chi connectivity index (χ4n) is 4.44. The first-order chi connectivity index (χ1) is 17.7. The number of carbonyl (C=O) groups excluding carboxylic acids is 3. The van der Waals surface area contributed by atoms with Crippen LogP contribution in [0, 0.1) is 25.2 Å². The molecule has 2 heterocycles. The maximum Gasteiger partial charge on any atom is 0.307 e. The SMILES string of the molecule is COC(=O)C[C@H]1SC2=C(C(=O)Nc3ccc(C)cc3C)[C@H](c3cccc(OC)c3)C(C#N)=C(N)N2C1=O. The van der Waals surface area contributed by atoms with Gasteiger partial charge in [0.15, 0.2) is 0 Å². The number of aryl methyl sites for hydroxylation is 2. The number of esters is 1. The molecule has 2 aromatic rings. The summed E-state index contributed by atoms with van der Waals surface area (Å²) >= 11 is 1.06. The van der Waals surface area contributed by atoms with E-state index in [1.54, 1.807) is 30.3 Å². The van der Waals surface area contributed by atoms with Crippen LogP contribution < -0.4 is 15.8 Å². The van der Waals surface area contributed by atoms with Gasteiger partial charge in [-0.3, -0.25) is 19.3 Å². The van der Waals surface area contributed by atoms with E-state index in [9.17, 15) is 19.6 Å². The molecule has 9 nitrogen and oxygen atoms in total. The van der Waals surface area contributed by atoms with Crippen molar-refractivity contribution in [2.45, 2.75) is 31.4 Å². The number of anilines is 1. The fraction of sp³-hybridized carbons (Fsp3) is 0.259. The van der Waals surface area contributed by atoms with Crippen molar-refractivity contribution >= 4 is 35.2 Å². The van der Waals surface area contributed by atoms with Gasteiger partial charge in [0.25, 0.3) is 5.91 Å². The molecule has 0 aromatic heterocycles. The molecule has 0 saturated carbocycles. The number of thioether (sulfide) groups is 1. The number of fused-ring (bicyclic) bond motifs is 1. The lowest BCUT2D eigenvalue weighted by atomic mass is 9.82. The number of nitrogens with zero attached hydrogens (tertiary/aromatic N) is 2. The van der Waals surface area contributed by atoms with Crippen LogP contribution in [0.5, 0.6) is 5.75 Å². The first-order valence-electron chi connectivity index (χ1n) is 11.4. The highest BCUT2D eigenvalue weighted by Crippen LogP contribution is 2.50. The number of nitriles is 1. The molecule has 0 bridgehead atoms. The minimum Gasteiger partial charge on any atom is -0.497 e. The normalized spacial score (nSPS) is 18.9. The van der Waals surface area contributed by atoms with Crippen molar-refractivity contribution in [2.24, 2.45) is 5.73 Å². The Kier molecular flexibility index (Phi) is 7.27. The van der Waals surface area contributed by atoms with Crippen LogP contribution in [0.15, 0.2) is 64.5 Å². The van der Waals surface area contributed by atoms with Gasteiger partial charge in [0.05, 0.1) is 48.8 Å². The number of amides is 2. The lowest BCUT2D eigenvalue weighted by Crippen LogP contribution is -2.39. The van der Waals surface area contributed by atoms with Crippen molar-refractivity contribution in [3.8, 4) is 11.8 Å². The average molecular weight is 519 g/mol. The summed E-state index contributed by atoms with van der Waals surface area (Å²) in [6.07, 6.45) is -0.203. The van der Waals surface area contributed by atoms with E-state index in [4.69, 9.17) is 15.2 Å². The van der Waals surface area contributed by atoms with Gasteiger partial charge < -0.3 is 20.5 Å². The molecule has 1 saturated heterocycles. The highest BCUT2D eigenvalue weighted by atomic mass is 32.2. The Bertz CT molecular complexity index is 1410. The number of benzene rings is 2. The van der Waals surface area contributed by atoms with Crippen molar-refractivity contribution in [1.29, 1.82) is 5.26 Å². The van der Waals surface area contributed by atoms with Crippen molar-refractivity contribution in [3.63, 3.8) is 0 Å². The fourth-order valence-corrected chi connectivity index (χ4v) is 5.77. The molecule has 4 rings (SSSR count). The van der Waals surface area contributed by atoms with Crippen molar-refractivity contribution < 1.29 is 23.9 Å². The molecule has 2 aliphatic heterocycles. The van der Waals surface area contributed by atoms with Gasteiger partial charge >= 0.3 is 5.97 Å². The summed E-state index contributed by atoms with van der Waals surface area (Å²) in [5.41, 5.74) is 9.72. The summed E-state index contributed by atoms with van der Waals surface area (Å²) in [6.45, 7) is 3.84. The van der Waals surface area contributed by atoms with E-state index in [0.29, 0.717) is 17.0 Å². The standard InChI is InChI=1S/C27H26N4O5S/c1-14-8-9-19(15(2)10-14)30-25(33)23-22(16-6-5-7-17(11-16)35-3)18(13-28)24(29)31-26(34)20(37-27(23)31)12-21(32)36-4/h5-11,20,22H,12,29H2,1-4H3,(H,30,33)/t20-,22-/m1/s1. The van der Waals surface area contributed by atoms with Crippen LogP contribution in [-0.2, 0) is 19.1 Å². The molecule has 2 aliphatic rings. The molecule has 1 fully saturated rings. The number of hydrogen-bond acceptors (Lipinski definition) is 8. The second kappa shape index (κ2) is 10.4. The van der Waals surface area contributed by atoms with Gasteiger partial charge in [-0.2, -0.15) is 5.26 Å². The average Bonchev–Trinajstić information content (AvgIpc) is 3.20. The number of rotatable bonds is 6. The topological polar surface area (TPSA) is 135 Å². The Morgan fingerprint density at radius 1 is 1.19 bits per heavy atom. The molecule has 0 spiro atoms. The summed E-state index contributed by atoms with van der Waals surface area (Å²) in [5, 5.41) is 12.5. The van der Waals surface area contributed by atoms with Crippen LogP contribution in [0.2, 0.25) is 0 Å². The third-order valence-corrected chi connectivity index (χ3v) is 7.56. The highest BCUT2D eigenvalue weighted by molar-refractivity contribution is 8.04. The maximum absolute atomic E-state index is 13.9. The molecule has 2 amide bonds. The number of nitrogens with one attached hydrogen (secondary N) is 1. The van der Waals surface area contributed by atoms with E-state index >= 15 is 0 Å². The molecular weight excluding hydrogens is 492 g/mol. The van der Waals surface area contributed by atoms with Gasteiger partial charge in [-0.05, 0) is 43.2 Å². The summed E-state index contributed by atoms with van der Waals surface area (Å²) in [4.78, 5) is 40.4. The Balaban J connectivity index is 1.90. The van der Waals surface area contributed by atoms with E-state index in [-0.39, 0.29) is 28.4 Å². The van der Waals surface area contributed by atoms with E-state index < -0.39 is 29.0 Å². The predicted octanol–water partition coefficient (Wildman–Crippen LogP) is 3.46. The summed E-state index contributed by atoms with van der Waals surface area (Å²) in [5.74, 6) is -1.95. The second-order valence-electron chi connectivity index (χ2n) is 8.67. The van der Waals surface area contributed by atoms with Crippen LogP contribution in [0.4, 0.5) is 5.69 Å². The molecule has 2 atom stereocenters. The van der Waals surface area contributed by atoms with Gasteiger partial charge in [0, 0.05) is 5.69 Å². The Morgan fingerprint density at radius 3 is 2.59 bits per heavy atom. The summed E-state index contributed by atoms with van der Waals surface area (Å²) in [6, 6.07) is 14.7. The van der Waals surface area contributed by atoms with Gasteiger partial charge in [-0.25, -0.2) is 0 Å². The third-order valence-electron chi connectivity index (χ3n) is 6.28. The van der Waals surface area contributed by atoms with E-state index in [1.807, 2.05) is 26.0 Å². The molecule has 0 radical (unpaired) electrons. The molecule has 0 unspecified atom stereocenters. The van der Waals surface area contributed by atoms with E-state index in [2.05, 4.69) is 11.4 Å². The Labute approximate surface area is 218 Å². The number of nitrogens with two attached hydrogens (primary N) is 1. The molecule has 2 aromatic carbocycles. The highest BCUT2D eigenvalue weighted by Gasteiger charge is 2.48.